The van der Waals surface area contributed by atoms with Gasteiger partial charge in [-0.3, -0.25) is 4.79 Å². The quantitative estimate of drug-likeness (QED) is 0.533. The molecule has 8 nitrogen and oxygen atoms in total. The van der Waals surface area contributed by atoms with Crippen LogP contribution in [0.3, 0.4) is 0 Å². The molecule has 0 aliphatic carbocycles. The summed E-state index contributed by atoms with van der Waals surface area (Å²) in [6, 6.07) is 0. The molecule has 2 heterocycles. The van der Waals surface area contributed by atoms with Gasteiger partial charge in [0, 0.05) is 39.8 Å². The molecule has 1 aliphatic rings. The van der Waals surface area contributed by atoms with Crippen molar-refractivity contribution in [3.63, 3.8) is 0 Å². The van der Waals surface area contributed by atoms with Gasteiger partial charge in [0.15, 0.2) is 5.82 Å². The molecule has 0 spiro atoms. The monoisotopic (exact) mass is 266 g/mol. The highest BCUT2D eigenvalue weighted by molar-refractivity contribution is 5.49. The van der Waals surface area contributed by atoms with Crippen molar-refractivity contribution < 1.29 is 9.53 Å². The minimum Gasteiger partial charge on any atom is -0.383 e. The Morgan fingerprint density at radius 1 is 1.42 bits per heavy atom. The molecule has 0 bridgehead atoms. The number of aromatic nitrogens is 3. The van der Waals surface area contributed by atoms with Crippen LogP contribution in [-0.2, 0) is 9.53 Å². The average Bonchev–Trinajstić information content (AvgIpc) is 2.48. The maximum atomic E-state index is 10.7. The molecule has 1 N–H and O–H groups in total. The molecule has 0 saturated carbocycles. The number of piperazine rings is 1. The zero-order valence-corrected chi connectivity index (χ0v) is 10.9. The van der Waals surface area contributed by atoms with E-state index in [1.807, 2.05) is 0 Å². The molecule has 19 heavy (non-hydrogen) atoms. The Morgan fingerprint density at radius 2 is 2.21 bits per heavy atom. The highest BCUT2D eigenvalue weighted by atomic mass is 16.5. The standard InChI is InChI=1S/C11H18N6O2/c1-19-7-2-12-11-14-10(8-13-15-11)17-5-3-16(9-18)4-6-17/h8-9H,2-7H2,1H3,(H,12,14,15). The van der Waals surface area contributed by atoms with Gasteiger partial charge in [0.05, 0.1) is 12.8 Å². The lowest BCUT2D eigenvalue weighted by molar-refractivity contribution is -0.118. The van der Waals surface area contributed by atoms with Crippen molar-refractivity contribution in [2.24, 2.45) is 0 Å². The first-order valence-electron chi connectivity index (χ1n) is 6.20. The molecule has 1 aromatic rings. The molecule has 0 atom stereocenters. The van der Waals surface area contributed by atoms with Gasteiger partial charge in [-0.1, -0.05) is 0 Å². The number of amides is 1. The van der Waals surface area contributed by atoms with Gasteiger partial charge in [0.2, 0.25) is 12.4 Å². The number of ether oxygens (including phenoxy) is 1. The Morgan fingerprint density at radius 3 is 2.89 bits per heavy atom. The fourth-order valence-corrected chi connectivity index (χ4v) is 1.84. The summed E-state index contributed by atoms with van der Waals surface area (Å²) in [5.74, 6) is 1.27. The molecule has 1 aromatic heterocycles. The summed E-state index contributed by atoms with van der Waals surface area (Å²) in [5, 5.41) is 10.9. The van der Waals surface area contributed by atoms with E-state index in [0.29, 0.717) is 32.2 Å². The van der Waals surface area contributed by atoms with Gasteiger partial charge in [-0.25, -0.2) is 0 Å². The van der Waals surface area contributed by atoms with Crippen LogP contribution in [0.1, 0.15) is 0 Å². The van der Waals surface area contributed by atoms with Crippen LogP contribution >= 0.6 is 0 Å². The van der Waals surface area contributed by atoms with E-state index in [-0.39, 0.29) is 0 Å². The predicted octanol–water partition coefficient (Wildman–Crippen LogP) is -0.792. The van der Waals surface area contributed by atoms with Crippen molar-refractivity contribution in [3.8, 4) is 0 Å². The van der Waals surface area contributed by atoms with Gasteiger partial charge in [-0.15, -0.1) is 5.10 Å². The Hall–Kier alpha value is -1.96. The predicted molar refractivity (Wildman–Crippen MR) is 70.0 cm³/mol. The van der Waals surface area contributed by atoms with Crippen LogP contribution in [0.25, 0.3) is 0 Å². The van der Waals surface area contributed by atoms with Crippen molar-refractivity contribution in [1.82, 2.24) is 20.1 Å². The Kier molecular flexibility index (Phi) is 4.85. The summed E-state index contributed by atoms with van der Waals surface area (Å²) >= 11 is 0. The molecule has 0 aromatic carbocycles. The van der Waals surface area contributed by atoms with Crippen LogP contribution < -0.4 is 10.2 Å². The maximum absolute atomic E-state index is 10.7. The van der Waals surface area contributed by atoms with Crippen LogP contribution in [0, 0.1) is 0 Å². The van der Waals surface area contributed by atoms with Gasteiger partial charge in [0.1, 0.15) is 0 Å². The third-order valence-corrected chi connectivity index (χ3v) is 2.92. The van der Waals surface area contributed by atoms with Crippen molar-refractivity contribution in [2.75, 3.05) is 56.7 Å². The molecule has 2 rings (SSSR count). The molecule has 0 radical (unpaired) electrons. The summed E-state index contributed by atoms with van der Waals surface area (Å²) < 4.78 is 4.95. The molecule has 1 fully saturated rings. The van der Waals surface area contributed by atoms with Gasteiger partial charge >= 0.3 is 0 Å². The number of hydrogen-bond acceptors (Lipinski definition) is 7. The minimum atomic E-state index is 0.493. The number of carbonyl (C=O) groups excluding carboxylic acids is 1. The molecular formula is C11H18N6O2. The van der Waals surface area contributed by atoms with Crippen LogP contribution in [0.2, 0.25) is 0 Å². The number of rotatable bonds is 6. The van der Waals surface area contributed by atoms with Crippen LogP contribution in [0.15, 0.2) is 6.20 Å². The van der Waals surface area contributed by atoms with Crippen LogP contribution in [-0.4, -0.2) is 72.9 Å². The number of anilines is 2. The first-order chi connectivity index (χ1) is 9.33. The SMILES string of the molecule is COCCNc1nncc(N2CCN(C=O)CC2)n1. The zero-order valence-electron chi connectivity index (χ0n) is 10.9. The second kappa shape index (κ2) is 6.83. The van der Waals surface area contributed by atoms with Crippen molar-refractivity contribution >= 4 is 18.2 Å². The van der Waals surface area contributed by atoms with E-state index in [0.717, 1.165) is 25.3 Å². The van der Waals surface area contributed by atoms with Crippen molar-refractivity contribution in [1.29, 1.82) is 0 Å². The van der Waals surface area contributed by atoms with Crippen molar-refractivity contribution in [2.45, 2.75) is 0 Å². The van der Waals surface area contributed by atoms with Crippen LogP contribution in [0.4, 0.5) is 11.8 Å². The minimum absolute atomic E-state index is 0.493. The highest BCUT2D eigenvalue weighted by Crippen LogP contribution is 2.12. The van der Waals surface area contributed by atoms with E-state index in [2.05, 4.69) is 25.4 Å². The first-order valence-corrected chi connectivity index (χ1v) is 6.20. The lowest BCUT2D eigenvalue weighted by Crippen LogP contribution is -2.46. The lowest BCUT2D eigenvalue weighted by atomic mass is 10.3. The van der Waals surface area contributed by atoms with Gasteiger partial charge in [-0.05, 0) is 0 Å². The van der Waals surface area contributed by atoms with E-state index >= 15 is 0 Å². The topological polar surface area (TPSA) is 83.5 Å². The zero-order chi connectivity index (χ0) is 13.5. The summed E-state index contributed by atoms with van der Waals surface area (Å²) in [5.41, 5.74) is 0. The Balaban J connectivity index is 1.93. The largest absolute Gasteiger partial charge is 0.383 e. The van der Waals surface area contributed by atoms with Crippen LogP contribution in [0.5, 0.6) is 0 Å². The van der Waals surface area contributed by atoms with Gasteiger partial charge in [0.25, 0.3) is 0 Å². The lowest BCUT2D eigenvalue weighted by Gasteiger charge is -2.33. The Labute approximate surface area is 111 Å². The number of nitrogens with one attached hydrogen (secondary N) is 1. The molecule has 0 unspecified atom stereocenters. The van der Waals surface area contributed by atoms with Gasteiger partial charge in [-0.2, -0.15) is 10.1 Å². The number of carbonyl (C=O) groups is 1. The third kappa shape index (κ3) is 3.75. The molecule has 1 saturated heterocycles. The summed E-state index contributed by atoms with van der Waals surface area (Å²) in [6.45, 7) is 4.16. The first kappa shape index (κ1) is 13.5. The van der Waals surface area contributed by atoms with E-state index in [4.69, 9.17) is 4.74 Å². The smallest absolute Gasteiger partial charge is 0.244 e. The summed E-state index contributed by atoms with van der Waals surface area (Å²) in [6.07, 6.45) is 2.52. The molecule has 104 valence electrons. The number of nitrogens with zero attached hydrogens (tertiary/aromatic N) is 5. The second-order valence-corrected chi connectivity index (χ2v) is 4.19. The van der Waals surface area contributed by atoms with E-state index in [1.165, 1.54) is 0 Å². The van der Waals surface area contributed by atoms with Crippen molar-refractivity contribution in [3.05, 3.63) is 6.20 Å². The summed E-state index contributed by atoms with van der Waals surface area (Å²) in [4.78, 5) is 18.9. The Bertz CT molecular complexity index is 408. The van der Waals surface area contributed by atoms with E-state index in [9.17, 15) is 4.79 Å². The molecular weight excluding hydrogens is 248 g/mol. The fourth-order valence-electron chi connectivity index (χ4n) is 1.84. The molecule has 1 aliphatic heterocycles. The number of hydrogen-bond donors (Lipinski definition) is 1. The normalized spacial score (nSPS) is 15.4. The summed E-state index contributed by atoms with van der Waals surface area (Å²) in [7, 11) is 1.64. The maximum Gasteiger partial charge on any atom is 0.244 e. The van der Waals surface area contributed by atoms with Gasteiger partial charge < -0.3 is 19.9 Å². The molecule has 1 amide bonds. The fraction of sp³-hybridized carbons (Fsp3) is 0.636. The highest BCUT2D eigenvalue weighted by Gasteiger charge is 2.17. The average molecular weight is 266 g/mol. The third-order valence-electron chi connectivity index (χ3n) is 2.92. The van der Waals surface area contributed by atoms with E-state index < -0.39 is 0 Å². The van der Waals surface area contributed by atoms with E-state index in [1.54, 1.807) is 18.2 Å². The number of methoxy groups -OCH3 is 1. The molecule has 8 heteroatoms. The second-order valence-electron chi connectivity index (χ2n) is 4.19.